The maximum atomic E-state index is 12.7. The highest BCUT2D eigenvalue weighted by Crippen LogP contribution is 2.31. The number of hydrogen-bond acceptors (Lipinski definition) is 4. The Bertz CT molecular complexity index is 724. The minimum atomic E-state index is 0.105. The van der Waals surface area contributed by atoms with Crippen LogP contribution >= 0.6 is 0 Å². The van der Waals surface area contributed by atoms with Crippen LogP contribution in [0.25, 0.3) is 0 Å². The molecule has 0 aromatic carbocycles. The van der Waals surface area contributed by atoms with E-state index in [0.717, 1.165) is 43.0 Å². The molecule has 3 heterocycles. The van der Waals surface area contributed by atoms with Crippen molar-refractivity contribution in [3.05, 3.63) is 47.5 Å². The molecule has 1 aliphatic heterocycles. The number of likely N-dealkylation sites (tertiary alicyclic amines) is 1. The van der Waals surface area contributed by atoms with E-state index in [1.165, 1.54) is 0 Å². The number of carbonyl (C=O) groups excluding carboxylic acids is 1. The molecule has 1 fully saturated rings. The largest absolute Gasteiger partial charge is 0.334 e. The van der Waals surface area contributed by atoms with Gasteiger partial charge in [0, 0.05) is 37.9 Å². The van der Waals surface area contributed by atoms with Crippen LogP contribution in [0, 0.1) is 6.92 Å². The maximum Gasteiger partial charge on any atom is 0.224 e. The quantitative estimate of drug-likeness (QED) is 0.810. The first-order valence-electron chi connectivity index (χ1n) is 8.93. The Morgan fingerprint density at radius 3 is 2.88 bits per heavy atom. The number of pyridine rings is 1. The van der Waals surface area contributed by atoms with E-state index in [0.29, 0.717) is 13.0 Å². The molecule has 0 saturated carbocycles. The molecule has 2 aromatic rings. The highest BCUT2D eigenvalue weighted by Gasteiger charge is 2.30. The summed E-state index contributed by atoms with van der Waals surface area (Å²) in [5.41, 5.74) is 3.15. The zero-order chi connectivity index (χ0) is 17.8. The van der Waals surface area contributed by atoms with E-state index in [1.54, 1.807) is 6.20 Å². The number of rotatable bonds is 6. The Kier molecular flexibility index (Phi) is 5.48. The summed E-state index contributed by atoms with van der Waals surface area (Å²) in [6.07, 6.45) is 4.29. The molecule has 1 amide bonds. The van der Waals surface area contributed by atoms with Crippen LogP contribution < -0.4 is 0 Å². The number of hydrogen-bond donors (Lipinski definition) is 0. The lowest BCUT2D eigenvalue weighted by molar-refractivity contribution is -0.132. The fourth-order valence-corrected chi connectivity index (χ4v) is 3.45. The Labute approximate surface area is 149 Å². The Hall–Kier alpha value is -2.21. The molecule has 0 N–H and O–H groups in total. The van der Waals surface area contributed by atoms with Crippen molar-refractivity contribution in [3.63, 3.8) is 0 Å². The van der Waals surface area contributed by atoms with Crippen LogP contribution in [0.2, 0.25) is 0 Å². The van der Waals surface area contributed by atoms with E-state index in [4.69, 9.17) is 4.98 Å². The number of amides is 1. The fraction of sp³-hybridized carbons (Fsp3) is 0.526. The third kappa shape index (κ3) is 4.25. The van der Waals surface area contributed by atoms with E-state index >= 15 is 0 Å². The minimum absolute atomic E-state index is 0.105. The minimum Gasteiger partial charge on any atom is -0.334 e. The van der Waals surface area contributed by atoms with Crippen molar-refractivity contribution >= 4 is 5.91 Å². The van der Waals surface area contributed by atoms with Crippen molar-refractivity contribution in [2.24, 2.45) is 0 Å². The third-order valence-corrected chi connectivity index (χ3v) is 4.69. The number of aromatic nitrogens is 3. The van der Waals surface area contributed by atoms with Crippen molar-refractivity contribution in [2.45, 2.75) is 45.3 Å². The summed E-state index contributed by atoms with van der Waals surface area (Å²) < 4.78 is 1.89. The molecule has 6 nitrogen and oxygen atoms in total. The highest BCUT2D eigenvalue weighted by atomic mass is 16.2. The van der Waals surface area contributed by atoms with E-state index in [1.807, 2.05) is 48.8 Å². The van der Waals surface area contributed by atoms with Gasteiger partial charge in [0.1, 0.15) is 0 Å². The van der Waals surface area contributed by atoms with Gasteiger partial charge in [0.15, 0.2) is 0 Å². The van der Waals surface area contributed by atoms with Gasteiger partial charge < -0.3 is 9.80 Å². The van der Waals surface area contributed by atoms with Crippen molar-refractivity contribution < 1.29 is 4.79 Å². The van der Waals surface area contributed by atoms with Gasteiger partial charge in [-0.05, 0) is 52.1 Å². The van der Waals surface area contributed by atoms with Crippen LogP contribution in [-0.4, -0.2) is 51.1 Å². The van der Waals surface area contributed by atoms with Gasteiger partial charge in [-0.1, -0.05) is 6.07 Å². The van der Waals surface area contributed by atoms with E-state index in [9.17, 15) is 4.79 Å². The topological polar surface area (TPSA) is 54.3 Å². The van der Waals surface area contributed by atoms with Gasteiger partial charge in [-0.2, -0.15) is 5.10 Å². The second-order valence-corrected chi connectivity index (χ2v) is 6.98. The van der Waals surface area contributed by atoms with Gasteiger partial charge in [-0.25, -0.2) is 0 Å². The second-order valence-electron chi connectivity index (χ2n) is 6.98. The summed E-state index contributed by atoms with van der Waals surface area (Å²) in [4.78, 5) is 21.7. The van der Waals surface area contributed by atoms with Gasteiger partial charge >= 0.3 is 0 Å². The number of nitrogens with zero attached hydrogens (tertiary/aromatic N) is 5. The van der Waals surface area contributed by atoms with Crippen LogP contribution in [-0.2, 0) is 17.9 Å². The van der Waals surface area contributed by atoms with Gasteiger partial charge in [0.05, 0.1) is 17.4 Å². The molecule has 25 heavy (non-hydrogen) atoms. The van der Waals surface area contributed by atoms with Crippen molar-refractivity contribution in [3.8, 4) is 0 Å². The van der Waals surface area contributed by atoms with Gasteiger partial charge in [-0.3, -0.25) is 14.5 Å². The average molecular weight is 341 g/mol. The van der Waals surface area contributed by atoms with Crippen molar-refractivity contribution in [2.75, 3.05) is 20.6 Å². The van der Waals surface area contributed by atoms with E-state index in [2.05, 4.69) is 16.1 Å². The maximum absolute atomic E-state index is 12.7. The first-order valence-corrected chi connectivity index (χ1v) is 8.93. The summed E-state index contributed by atoms with van der Waals surface area (Å²) in [6, 6.07) is 8.21. The molecule has 6 heteroatoms. The van der Waals surface area contributed by atoms with Crippen LogP contribution in [0.3, 0.4) is 0 Å². The Balaban J connectivity index is 1.67. The van der Waals surface area contributed by atoms with Gasteiger partial charge in [-0.15, -0.1) is 0 Å². The molecule has 1 atom stereocenters. The van der Waals surface area contributed by atoms with Crippen molar-refractivity contribution in [1.82, 2.24) is 24.6 Å². The summed E-state index contributed by atoms with van der Waals surface area (Å²) in [7, 11) is 4.08. The zero-order valence-electron chi connectivity index (χ0n) is 15.4. The standard InChI is InChI=1S/C19H27N5O/c1-15-9-11-20-24(15)13-10-19(25)23-12-5-8-18(23)17-7-4-6-16(21-17)14-22(2)3/h4,6-7,9,11,18H,5,8,10,12-14H2,1-3H3/t18-/m1/s1. The lowest BCUT2D eigenvalue weighted by atomic mass is 10.1. The summed E-state index contributed by atoms with van der Waals surface area (Å²) in [5, 5.41) is 4.26. The molecule has 0 spiro atoms. The molecule has 1 saturated heterocycles. The molecule has 0 radical (unpaired) electrons. The lowest BCUT2D eigenvalue weighted by Crippen LogP contribution is -2.32. The molecule has 3 rings (SSSR count). The Morgan fingerprint density at radius 1 is 1.32 bits per heavy atom. The van der Waals surface area contributed by atoms with Crippen LogP contribution in [0.1, 0.15) is 42.4 Å². The summed E-state index contributed by atoms with van der Waals surface area (Å²) in [5.74, 6) is 0.192. The molecule has 2 aromatic heterocycles. The normalized spacial score (nSPS) is 17.4. The lowest BCUT2D eigenvalue weighted by Gasteiger charge is -2.25. The fourth-order valence-electron chi connectivity index (χ4n) is 3.45. The number of aryl methyl sites for hydroxylation is 2. The monoisotopic (exact) mass is 341 g/mol. The molecule has 0 aliphatic carbocycles. The molecule has 0 unspecified atom stereocenters. The number of carbonyl (C=O) groups is 1. The van der Waals surface area contributed by atoms with Gasteiger partial charge in [0.25, 0.3) is 0 Å². The van der Waals surface area contributed by atoms with Crippen molar-refractivity contribution in [1.29, 1.82) is 0 Å². The smallest absolute Gasteiger partial charge is 0.224 e. The van der Waals surface area contributed by atoms with Gasteiger partial charge in [0.2, 0.25) is 5.91 Å². The summed E-state index contributed by atoms with van der Waals surface area (Å²) >= 11 is 0. The highest BCUT2D eigenvalue weighted by molar-refractivity contribution is 5.76. The molecule has 1 aliphatic rings. The van der Waals surface area contributed by atoms with Crippen LogP contribution in [0.5, 0.6) is 0 Å². The summed E-state index contributed by atoms with van der Waals surface area (Å²) in [6.45, 7) is 4.28. The van der Waals surface area contributed by atoms with Crippen LogP contribution in [0.15, 0.2) is 30.5 Å². The zero-order valence-corrected chi connectivity index (χ0v) is 15.4. The molecule has 0 bridgehead atoms. The first kappa shape index (κ1) is 17.6. The van der Waals surface area contributed by atoms with E-state index in [-0.39, 0.29) is 11.9 Å². The molecular formula is C19H27N5O. The third-order valence-electron chi connectivity index (χ3n) is 4.69. The van der Waals surface area contributed by atoms with Crippen LogP contribution in [0.4, 0.5) is 0 Å². The second kappa shape index (κ2) is 7.78. The first-order chi connectivity index (χ1) is 12.0. The molecule has 134 valence electrons. The predicted molar refractivity (Wildman–Crippen MR) is 96.9 cm³/mol. The SMILES string of the molecule is Cc1ccnn1CCC(=O)N1CCC[C@@H]1c1cccc(CN(C)C)n1. The average Bonchev–Trinajstić information content (AvgIpc) is 3.21. The van der Waals surface area contributed by atoms with E-state index < -0.39 is 0 Å². The Morgan fingerprint density at radius 2 is 2.16 bits per heavy atom. The molecular weight excluding hydrogens is 314 g/mol. The predicted octanol–water partition coefficient (Wildman–Crippen LogP) is 2.40.